The Balaban J connectivity index is 1.94. The first kappa shape index (κ1) is 17.9. The molecule has 0 unspecified atom stereocenters. The first-order chi connectivity index (χ1) is 12.6. The normalized spacial score (nSPS) is 21.5. The molecule has 1 amide bonds. The van der Waals surface area contributed by atoms with Crippen LogP contribution in [0, 0.1) is 0 Å². The molecule has 0 spiro atoms. The fourth-order valence-electron chi connectivity index (χ4n) is 2.66. The largest absolute Gasteiger partial charge is 0.495 e. The number of aliphatic hydroxyl groups excluding tert-OH is 1. The van der Waals surface area contributed by atoms with Crippen LogP contribution in [0.1, 0.15) is 6.92 Å². The summed E-state index contributed by atoms with van der Waals surface area (Å²) in [6, 6.07) is 0. The van der Waals surface area contributed by atoms with Gasteiger partial charge in [0.05, 0.1) is 37.3 Å². The van der Waals surface area contributed by atoms with Crippen molar-refractivity contribution in [1.82, 2.24) is 20.4 Å². The lowest BCUT2D eigenvalue weighted by atomic mass is 10.0. The van der Waals surface area contributed by atoms with E-state index >= 15 is 0 Å². The van der Waals surface area contributed by atoms with Gasteiger partial charge in [0.2, 0.25) is 5.91 Å². The van der Waals surface area contributed by atoms with E-state index in [1.165, 1.54) is 17.8 Å². The molecule has 0 saturated carbocycles. The van der Waals surface area contributed by atoms with Crippen LogP contribution >= 0.6 is 0 Å². The van der Waals surface area contributed by atoms with E-state index < -0.39 is 0 Å². The average molecular weight is 358 g/mol. The van der Waals surface area contributed by atoms with Gasteiger partial charge in [-0.3, -0.25) is 4.79 Å². The number of nitrogens with zero attached hydrogens (tertiary/aromatic N) is 3. The van der Waals surface area contributed by atoms with Gasteiger partial charge in [-0.2, -0.15) is 5.10 Å². The molecule has 5 N–H and O–H groups in total. The number of aliphatic imine (C=N–C) groups is 1. The molecule has 1 fully saturated rings. The average Bonchev–Trinajstić information content (AvgIpc) is 2.97. The van der Waals surface area contributed by atoms with E-state index in [1.54, 1.807) is 6.08 Å². The van der Waals surface area contributed by atoms with Crippen molar-refractivity contribution < 1.29 is 14.6 Å². The van der Waals surface area contributed by atoms with Crippen molar-refractivity contribution in [2.45, 2.75) is 13.5 Å². The number of carbonyl (C=O) groups excluding carboxylic acids is 1. The van der Waals surface area contributed by atoms with Crippen molar-refractivity contribution in [3.05, 3.63) is 41.5 Å². The summed E-state index contributed by atoms with van der Waals surface area (Å²) < 4.78 is 7.16. The van der Waals surface area contributed by atoms with Gasteiger partial charge in [-0.15, -0.1) is 0 Å². The monoisotopic (exact) mass is 358 g/mol. The number of hydrogen-bond acceptors (Lipinski definition) is 7. The quantitative estimate of drug-likeness (QED) is 0.600. The number of nitrogens with two attached hydrogens (primary N) is 1. The lowest BCUT2D eigenvalue weighted by Crippen LogP contribution is -2.30. The number of allylic oxidation sites excluding steroid dienone is 4. The maximum Gasteiger partial charge on any atom is 0.221 e. The Morgan fingerprint density at radius 2 is 2.38 bits per heavy atom. The molecule has 0 bridgehead atoms. The van der Waals surface area contributed by atoms with Crippen LogP contribution in [0.5, 0.6) is 0 Å². The van der Waals surface area contributed by atoms with Crippen LogP contribution in [0.25, 0.3) is 0 Å². The van der Waals surface area contributed by atoms with Crippen LogP contribution in [-0.2, 0) is 16.1 Å². The minimum Gasteiger partial charge on any atom is -0.495 e. The first-order valence-electron chi connectivity index (χ1n) is 8.33. The topological polar surface area (TPSA) is 127 Å². The molecule has 1 aliphatic heterocycles. The second kappa shape index (κ2) is 7.98. The highest BCUT2D eigenvalue weighted by molar-refractivity contribution is 6.13. The van der Waals surface area contributed by atoms with Crippen molar-refractivity contribution in [2.75, 3.05) is 32.0 Å². The molecule has 2 aliphatic rings. The summed E-state index contributed by atoms with van der Waals surface area (Å²) in [5.41, 5.74) is 8.48. The minimum atomic E-state index is -0.199. The third kappa shape index (κ3) is 4.01. The van der Waals surface area contributed by atoms with Crippen molar-refractivity contribution >= 4 is 23.1 Å². The van der Waals surface area contributed by atoms with Crippen LogP contribution in [0.2, 0.25) is 0 Å². The van der Waals surface area contributed by atoms with Gasteiger partial charge in [0.25, 0.3) is 0 Å². The summed E-state index contributed by atoms with van der Waals surface area (Å²) in [4.78, 5) is 16.1. The van der Waals surface area contributed by atoms with Gasteiger partial charge in [0, 0.05) is 19.0 Å². The molecular formula is C17H22N6O3. The SMILES string of the molecule is CC(=O)NC1=CC(=C2\CNCCO2)/C=CC/1=N/c1cnn(CCO)c1N. The summed E-state index contributed by atoms with van der Waals surface area (Å²) in [5.74, 6) is 0.978. The van der Waals surface area contributed by atoms with Crippen LogP contribution in [0.15, 0.2) is 46.4 Å². The van der Waals surface area contributed by atoms with Crippen molar-refractivity contribution in [2.24, 2.45) is 4.99 Å². The number of carbonyl (C=O) groups is 1. The first-order valence-corrected chi connectivity index (χ1v) is 8.33. The second-order valence-electron chi connectivity index (χ2n) is 5.84. The van der Waals surface area contributed by atoms with E-state index in [0.717, 1.165) is 17.9 Å². The van der Waals surface area contributed by atoms with E-state index in [4.69, 9.17) is 15.6 Å². The minimum absolute atomic E-state index is 0.0657. The van der Waals surface area contributed by atoms with Crippen LogP contribution in [0.4, 0.5) is 11.5 Å². The maximum absolute atomic E-state index is 11.6. The molecule has 138 valence electrons. The number of nitrogen functional groups attached to an aromatic ring is 1. The molecule has 0 atom stereocenters. The molecule has 2 heterocycles. The number of aromatic nitrogens is 2. The van der Waals surface area contributed by atoms with Gasteiger partial charge in [0.15, 0.2) is 0 Å². The second-order valence-corrected chi connectivity index (χ2v) is 5.84. The predicted octanol–water partition coefficient (Wildman–Crippen LogP) is -0.00620. The molecule has 1 aliphatic carbocycles. The fraction of sp³-hybridized carbons (Fsp3) is 0.353. The number of aliphatic hydroxyl groups is 1. The molecule has 9 heteroatoms. The Bertz CT molecular complexity index is 810. The highest BCUT2D eigenvalue weighted by Crippen LogP contribution is 2.25. The summed E-state index contributed by atoms with van der Waals surface area (Å²) >= 11 is 0. The Kier molecular flexibility index (Phi) is 5.49. The molecular weight excluding hydrogens is 336 g/mol. The molecule has 3 rings (SSSR count). The molecule has 0 radical (unpaired) electrons. The van der Waals surface area contributed by atoms with Crippen LogP contribution in [0.3, 0.4) is 0 Å². The zero-order valence-corrected chi connectivity index (χ0v) is 14.5. The third-order valence-electron chi connectivity index (χ3n) is 3.88. The number of anilines is 1. The van der Waals surface area contributed by atoms with Crippen LogP contribution < -0.4 is 16.4 Å². The Morgan fingerprint density at radius 1 is 1.54 bits per heavy atom. The van der Waals surface area contributed by atoms with Crippen molar-refractivity contribution in [1.29, 1.82) is 0 Å². The summed E-state index contributed by atoms with van der Waals surface area (Å²) in [7, 11) is 0. The van der Waals surface area contributed by atoms with Gasteiger partial charge in [0.1, 0.15) is 23.9 Å². The van der Waals surface area contributed by atoms with Crippen molar-refractivity contribution in [3.8, 4) is 0 Å². The number of amides is 1. The number of nitrogens with one attached hydrogen (secondary N) is 2. The fourth-order valence-corrected chi connectivity index (χ4v) is 2.66. The maximum atomic E-state index is 11.6. The number of hydrogen-bond donors (Lipinski definition) is 4. The smallest absolute Gasteiger partial charge is 0.221 e. The van der Waals surface area contributed by atoms with E-state index in [-0.39, 0.29) is 12.5 Å². The molecule has 1 saturated heterocycles. The molecule has 1 aromatic rings. The van der Waals surface area contributed by atoms with E-state index in [9.17, 15) is 4.79 Å². The number of morpholine rings is 1. The van der Waals surface area contributed by atoms with E-state index in [2.05, 4.69) is 20.7 Å². The summed E-state index contributed by atoms with van der Waals surface area (Å²) in [6.45, 7) is 3.72. The highest BCUT2D eigenvalue weighted by Gasteiger charge is 2.17. The lowest BCUT2D eigenvalue weighted by Gasteiger charge is -2.21. The predicted molar refractivity (Wildman–Crippen MR) is 97.7 cm³/mol. The zero-order valence-electron chi connectivity index (χ0n) is 14.5. The number of ether oxygens (including phenoxy) is 1. The Hall–Kier alpha value is -2.91. The third-order valence-corrected chi connectivity index (χ3v) is 3.88. The van der Waals surface area contributed by atoms with Gasteiger partial charge < -0.3 is 26.2 Å². The van der Waals surface area contributed by atoms with Crippen molar-refractivity contribution in [3.63, 3.8) is 0 Å². The van der Waals surface area contributed by atoms with Gasteiger partial charge in [-0.05, 0) is 18.2 Å². The molecule has 26 heavy (non-hydrogen) atoms. The van der Waals surface area contributed by atoms with E-state index in [0.29, 0.717) is 42.6 Å². The molecule has 0 aromatic carbocycles. The van der Waals surface area contributed by atoms with E-state index in [1.807, 2.05) is 12.2 Å². The standard InChI is InChI=1S/C17H22N6O3/c1-11(25)21-14-8-12(16-10-19-4-7-26-16)2-3-13(14)22-15-9-20-23(5-6-24)17(15)18/h2-3,8-9,19,24H,4-7,10,18H2,1H3,(H,21,25)/b16-12+,22-13-. The van der Waals surface area contributed by atoms with Gasteiger partial charge in [-0.25, -0.2) is 9.67 Å². The summed E-state index contributed by atoms with van der Waals surface area (Å²) in [5, 5.41) is 19.2. The van der Waals surface area contributed by atoms with Crippen LogP contribution in [-0.4, -0.2) is 52.8 Å². The Labute approximate surface area is 150 Å². The highest BCUT2D eigenvalue weighted by atomic mass is 16.5. The molecule has 9 nitrogen and oxygen atoms in total. The van der Waals surface area contributed by atoms with Gasteiger partial charge in [-0.1, -0.05) is 0 Å². The lowest BCUT2D eigenvalue weighted by molar-refractivity contribution is -0.118. The summed E-state index contributed by atoms with van der Waals surface area (Å²) in [6.07, 6.45) is 7.05. The number of rotatable bonds is 4. The van der Waals surface area contributed by atoms with Gasteiger partial charge >= 0.3 is 0 Å². The molecule has 1 aromatic heterocycles. The Morgan fingerprint density at radius 3 is 3.08 bits per heavy atom. The zero-order chi connectivity index (χ0) is 18.5.